The van der Waals surface area contributed by atoms with Crippen molar-refractivity contribution in [1.29, 1.82) is 0 Å². The molecule has 92 valence electrons. The first-order chi connectivity index (χ1) is 7.60. The monoisotopic (exact) mass is 243 g/mol. The number of rotatable bonds is 6. The van der Waals surface area contributed by atoms with Gasteiger partial charge in [0.25, 0.3) is 0 Å². The summed E-state index contributed by atoms with van der Waals surface area (Å²) in [6.07, 6.45) is 3.34. The Morgan fingerprint density at radius 3 is 2.56 bits per heavy atom. The third kappa shape index (κ3) is 3.22. The van der Waals surface area contributed by atoms with Gasteiger partial charge in [-0.1, -0.05) is 31.9 Å². The summed E-state index contributed by atoms with van der Waals surface area (Å²) in [4.78, 5) is 0. The predicted molar refractivity (Wildman–Crippen MR) is 69.0 cm³/mol. The molecule has 0 radical (unpaired) electrons. The Balaban J connectivity index is 2.76. The fraction of sp³-hybridized carbons (Fsp3) is 0.750. The van der Waals surface area contributed by atoms with Crippen LogP contribution in [0.4, 0.5) is 0 Å². The van der Waals surface area contributed by atoms with Crippen molar-refractivity contribution >= 4 is 11.6 Å². The molecule has 1 unspecified atom stereocenters. The van der Waals surface area contributed by atoms with Crippen molar-refractivity contribution < 1.29 is 0 Å². The molecule has 1 aromatic rings. The highest BCUT2D eigenvalue weighted by Crippen LogP contribution is 2.21. The number of aromatic nitrogens is 2. The van der Waals surface area contributed by atoms with Gasteiger partial charge in [0.1, 0.15) is 5.15 Å². The second-order valence-corrected chi connectivity index (χ2v) is 4.58. The van der Waals surface area contributed by atoms with E-state index in [9.17, 15) is 0 Å². The van der Waals surface area contributed by atoms with Gasteiger partial charge in [-0.25, -0.2) is 0 Å². The van der Waals surface area contributed by atoms with Crippen LogP contribution in [0.3, 0.4) is 0 Å². The highest BCUT2D eigenvalue weighted by molar-refractivity contribution is 6.30. The number of halogens is 1. The zero-order chi connectivity index (χ0) is 12.1. The average molecular weight is 244 g/mol. The van der Waals surface area contributed by atoms with Crippen LogP contribution in [0.25, 0.3) is 0 Å². The minimum Gasteiger partial charge on any atom is -0.314 e. The molecule has 0 saturated heterocycles. The Morgan fingerprint density at radius 1 is 1.44 bits per heavy atom. The van der Waals surface area contributed by atoms with E-state index in [1.54, 1.807) is 4.68 Å². The van der Waals surface area contributed by atoms with E-state index in [-0.39, 0.29) is 0 Å². The van der Waals surface area contributed by atoms with Gasteiger partial charge in [0, 0.05) is 18.7 Å². The summed E-state index contributed by atoms with van der Waals surface area (Å²) < 4.78 is 1.75. The predicted octanol–water partition coefficient (Wildman–Crippen LogP) is 2.70. The molecule has 16 heavy (non-hydrogen) atoms. The van der Waals surface area contributed by atoms with Crippen molar-refractivity contribution in [2.45, 2.75) is 46.1 Å². The van der Waals surface area contributed by atoms with E-state index in [1.165, 1.54) is 18.4 Å². The van der Waals surface area contributed by atoms with Gasteiger partial charge in [0.15, 0.2) is 0 Å². The zero-order valence-corrected chi connectivity index (χ0v) is 11.4. The topological polar surface area (TPSA) is 29.9 Å². The summed E-state index contributed by atoms with van der Waals surface area (Å²) in [7, 11) is 1.89. The molecule has 1 atom stereocenters. The highest BCUT2D eigenvalue weighted by atomic mass is 35.5. The summed E-state index contributed by atoms with van der Waals surface area (Å²) in [5.41, 5.74) is 2.23. The van der Waals surface area contributed by atoms with Crippen LogP contribution in [0.1, 0.15) is 37.9 Å². The van der Waals surface area contributed by atoms with Gasteiger partial charge >= 0.3 is 0 Å². The third-order valence-corrected chi connectivity index (χ3v) is 3.32. The lowest BCUT2D eigenvalue weighted by atomic mass is 10.0. The lowest BCUT2D eigenvalue weighted by Gasteiger charge is -2.16. The molecule has 0 fully saturated rings. The molecule has 0 amide bonds. The number of nitrogens with one attached hydrogen (secondary N) is 1. The maximum absolute atomic E-state index is 6.23. The quantitative estimate of drug-likeness (QED) is 0.833. The smallest absolute Gasteiger partial charge is 0.130 e. The summed E-state index contributed by atoms with van der Waals surface area (Å²) in [5, 5.41) is 8.62. The van der Waals surface area contributed by atoms with Crippen molar-refractivity contribution in [3.63, 3.8) is 0 Å². The molecular weight excluding hydrogens is 222 g/mol. The van der Waals surface area contributed by atoms with E-state index < -0.39 is 0 Å². The number of hydrogen-bond acceptors (Lipinski definition) is 2. The van der Waals surface area contributed by atoms with E-state index in [0.717, 1.165) is 23.8 Å². The van der Waals surface area contributed by atoms with Crippen molar-refractivity contribution in [2.24, 2.45) is 7.05 Å². The van der Waals surface area contributed by atoms with Crippen molar-refractivity contribution in [1.82, 2.24) is 15.1 Å². The van der Waals surface area contributed by atoms with Crippen LogP contribution in [0.15, 0.2) is 0 Å². The lowest BCUT2D eigenvalue weighted by Crippen LogP contribution is -2.31. The largest absolute Gasteiger partial charge is 0.314 e. The average Bonchev–Trinajstić information content (AvgIpc) is 2.46. The Labute approximate surface area is 103 Å². The maximum Gasteiger partial charge on any atom is 0.130 e. The van der Waals surface area contributed by atoms with Crippen LogP contribution in [0.2, 0.25) is 5.15 Å². The van der Waals surface area contributed by atoms with Gasteiger partial charge in [-0.3, -0.25) is 4.68 Å². The number of hydrogen-bond donors (Lipinski definition) is 1. The van der Waals surface area contributed by atoms with Gasteiger partial charge in [-0.05, 0) is 26.3 Å². The van der Waals surface area contributed by atoms with E-state index in [1.807, 2.05) is 14.0 Å². The molecule has 4 heteroatoms. The summed E-state index contributed by atoms with van der Waals surface area (Å²) >= 11 is 6.23. The maximum atomic E-state index is 6.23. The first-order valence-corrected chi connectivity index (χ1v) is 6.39. The van der Waals surface area contributed by atoms with Crippen molar-refractivity contribution in [3.8, 4) is 0 Å². The molecule has 0 aromatic carbocycles. The van der Waals surface area contributed by atoms with Gasteiger partial charge < -0.3 is 5.32 Å². The molecule has 1 aromatic heterocycles. The van der Waals surface area contributed by atoms with Gasteiger partial charge in [0.05, 0.1) is 5.69 Å². The fourth-order valence-electron chi connectivity index (χ4n) is 2.07. The Kier molecular flexibility index (Phi) is 5.29. The lowest BCUT2D eigenvalue weighted by molar-refractivity contribution is 0.485. The van der Waals surface area contributed by atoms with E-state index >= 15 is 0 Å². The first-order valence-electron chi connectivity index (χ1n) is 6.01. The first kappa shape index (κ1) is 13.5. The van der Waals surface area contributed by atoms with Crippen LogP contribution in [0, 0.1) is 6.92 Å². The minimum atomic E-state index is 0.510. The van der Waals surface area contributed by atoms with Gasteiger partial charge in [-0.15, -0.1) is 0 Å². The Morgan fingerprint density at radius 2 is 2.12 bits per heavy atom. The molecule has 3 nitrogen and oxygen atoms in total. The number of aryl methyl sites for hydroxylation is 2. The second-order valence-electron chi connectivity index (χ2n) is 4.23. The van der Waals surface area contributed by atoms with Crippen LogP contribution in [-0.2, 0) is 13.5 Å². The van der Waals surface area contributed by atoms with E-state index in [4.69, 9.17) is 11.6 Å². The summed E-state index contributed by atoms with van der Waals surface area (Å²) in [6, 6.07) is 0.510. The molecule has 1 rings (SSSR count). The third-order valence-electron chi connectivity index (χ3n) is 2.85. The fourth-order valence-corrected chi connectivity index (χ4v) is 2.32. The van der Waals surface area contributed by atoms with Crippen LogP contribution < -0.4 is 5.32 Å². The molecule has 0 bridgehead atoms. The number of likely N-dealkylation sites (N-methyl/N-ethyl adjacent to an activating group) is 1. The normalized spacial score (nSPS) is 13.1. The number of nitrogens with zero attached hydrogens (tertiary/aromatic N) is 2. The van der Waals surface area contributed by atoms with Gasteiger partial charge in [0.2, 0.25) is 0 Å². The standard InChI is InChI=1S/C12H22ClN3/c1-5-7-10(14-6-2)8-11-9(3)15-16(4)12(11)13/h10,14H,5-8H2,1-4H3. The van der Waals surface area contributed by atoms with Crippen LogP contribution in [-0.4, -0.2) is 22.4 Å². The minimum absolute atomic E-state index is 0.510. The summed E-state index contributed by atoms with van der Waals surface area (Å²) in [5.74, 6) is 0. The molecule has 1 N–H and O–H groups in total. The van der Waals surface area contributed by atoms with Crippen molar-refractivity contribution in [3.05, 3.63) is 16.4 Å². The van der Waals surface area contributed by atoms with Crippen molar-refractivity contribution in [2.75, 3.05) is 6.54 Å². The van der Waals surface area contributed by atoms with E-state index in [2.05, 4.69) is 24.3 Å². The molecule has 0 aliphatic heterocycles. The highest BCUT2D eigenvalue weighted by Gasteiger charge is 2.15. The van der Waals surface area contributed by atoms with Crippen LogP contribution >= 0.6 is 11.6 Å². The molecule has 1 heterocycles. The zero-order valence-electron chi connectivity index (χ0n) is 10.7. The molecule has 0 spiro atoms. The van der Waals surface area contributed by atoms with Gasteiger partial charge in [-0.2, -0.15) is 5.10 Å². The molecule has 0 aliphatic carbocycles. The SMILES string of the molecule is CCCC(Cc1c(C)nn(C)c1Cl)NCC. The molecular formula is C12H22ClN3. The molecule has 0 aliphatic rings. The van der Waals surface area contributed by atoms with Crippen LogP contribution in [0.5, 0.6) is 0 Å². The Hall–Kier alpha value is -0.540. The Bertz CT molecular complexity index is 327. The molecule has 0 saturated carbocycles. The van der Waals surface area contributed by atoms with E-state index in [0.29, 0.717) is 6.04 Å². The second kappa shape index (κ2) is 6.26. The summed E-state index contributed by atoms with van der Waals surface area (Å²) in [6.45, 7) is 7.38.